The predicted octanol–water partition coefficient (Wildman–Crippen LogP) is 2.25. The van der Waals surface area contributed by atoms with Gasteiger partial charge in [0.2, 0.25) is 0 Å². The van der Waals surface area contributed by atoms with Gasteiger partial charge in [-0.1, -0.05) is 24.3 Å². The Labute approximate surface area is 104 Å². The van der Waals surface area contributed by atoms with Gasteiger partial charge in [0.15, 0.2) is 0 Å². The topological polar surface area (TPSA) is 23.5 Å². The molecule has 0 saturated heterocycles. The minimum absolute atomic E-state index is 0.339. The first kappa shape index (κ1) is 12.6. The summed E-state index contributed by atoms with van der Waals surface area (Å²) in [6, 6.07) is 8.83. The van der Waals surface area contributed by atoms with Crippen LogP contribution < -0.4 is 0 Å². The molecule has 1 N–H and O–H groups in total. The summed E-state index contributed by atoms with van der Waals surface area (Å²) in [6.07, 6.45) is 5.71. The fourth-order valence-electron chi connectivity index (χ4n) is 2.56. The predicted molar refractivity (Wildman–Crippen MR) is 71.2 cm³/mol. The van der Waals surface area contributed by atoms with Crippen molar-refractivity contribution in [2.24, 2.45) is 0 Å². The van der Waals surface area contributed by atoms with E-state index in [0.29, 0.717) is 6.61 Å². The molecule has 0 atom stereocenters. The van der Waals surface area contributed by atoms with Crippen molar-refractivity contribution in [3.05, 3.63) is 35.4 Å². The Balaban J connectivity index is 1.78. The molecule has 1 aliphatic heterocycles. The number of benzene rings is 1. The van der Waals surface area contributed by atoms with Crippen molar-refractivity contribution in [3.63, 3.8) is 0 Å². The van der Waals surface area contributed by atoms with E-state index in [-0.39, 0.29) is 0 Å². The summed E-state index contributed by atoms with van der Waals surface area (Å²) in [5, 5.41) is 8.75. The monoisotopic (exact) mass is 233 g/mol. The standard InChI is InChI=1S/C15H23NO/c17-13-5-1-4-10-16-11-8-14-6-2-3-7-15(14)9-12-16/h2-3,6-7,17H,1,4-5,8-13H2. The summed E-state index contributed by atoms with van der Waals surface area (Å²) in [5.74, 6) is 0. The number of aliphatic hydroxyl groups is 1. The minimum atomic E-state index is 0.339. The summed E-state index contributed by atoms with van der Waals surface area (Å²) < 4.78 is 0. The van der Waals surface area contributed by atoms with E-state index in [1.165, 1.54) is 50.0 Å². The van der Waals surface area contributed by atoms with Crippen molar-refractivity contribution >= 4 is 0 Å². The lowest BCUT2D eigenvalue weighted by Gasteiger charge is -2.19. The third-order valence-electron chi connectivity index (χ3n) is 3.65. The average molecular weight is 233 g/mol. The van der Waals surface area contributed by atoms with E-state index in [2.05, 4.69) is 29.2 Å². The van der Waals surface area contributed by atoms with Crippen molar-refractivity contribution < 1.29 is 5.11 Å². The van der Waals surface area contributed by atoms with E-state index in [9.17, 15) is 0 Å². The van der Waals surface area contributed by atoms with Crippen LogP contribution >= 0.6 is 0 Å². The molecule has 0 spiro atoms. The van der Waals surface area contributed by atoms with Crippen LogP contribution in [-0.2, 0) is 12.8 Å². The molecule has 1 aromatic rings. The van der Waals surface area contributed by atoms with Crippen LogP contribution in [0.3, 0.4) is 0 Å². The van der Waals surface area contributed by atoms with E-state index in [4.69, 9.17) is 5.11 Å². The molecule has 0 radical (unpaired) electrons. The second-order valence-corrected chi connectivity index (χ2v) is 4.89. The fourth-order valence-corrected chi connectivity index (χ4v) is 2.56. The van der Waals surface area contributed by atoms with Crippen LogP contribution in [0.1, 0.15) is 30.4 Å². The smallest absolute Gasteiger partial charge is 0.0431 e. The number of fused-ring (bicyclic) bond motifs is 1. The Kier molecular flexibility index (Phi) is 5.02. The number of hydrogen-bond donors (Lipinski definition) is 1. The fraction of sp³-hybridized carbons (Fsp3) is 0.600. The van der Waals surface area contributed by atoms with E-state index < -0.39 is 0 Å². The first-order valence-corrected chi connectivity index (χ1v) is 6.80. The van der Waals surface area contributed by atoms with Crippen molar-refractivity contribution in [1.82, 2.24) is 4.90 Å². The zero-order chi connectivity index (χ0) is 11.9. The van der Waals surface area contributed by atoms with E-state index in [1.807, 2.05) is 0 Å². The second-order valence-electron chi connectivity index (χ2n) is 4.89. The summed E-state index contributed by atoms with van der Waals surface area (Å²) in [4.78, 5) is 2.57. The molecule has 0 aromatic heterocycles. The lowest BCUT2D eigenvalue weighted by atomic mass is 10.0. The molecule has 1 aliphatic rings. The second kappa shape index (κ2) is 6.77. The van der Waals surface area contributed by atoms with E-state index in [0.717, 1.165) is 12.8 Å². The summed E-state index contributed by atoms with van der Waals surface area (Å²) in [7, 11) is 0. The van der Waals surface area contributed by atoms with Crippen LogP contribution in [0.4, 0.5) is 0 Å². The Hall–Kier alpha value is -0.860. The van der Waals surface area contributed by atoms with Gasteiger partial charge in [0.1, 0.15) is 0 Å². The van der Waals surface area contributed by atoms with Crippen LogP contribution in [0.5, 0.6) is 0 Å². The Morgan fingerprint density at radius 2 is 1.59 bits per heavy atom. The maximum Gasteiger partial charge on any atom is 0.0431 e. The quantitative estimate of drug-likeness (QED) is 0.789. The van der Waals surface area contributed by atoms with Gasteiger partial charge in [-0.15, -0.1) is 0 Å². The first-order chi connectivity index (χ1) is 8.40. The first-order valence-electron chi connectivity index (χ1n) is 6.80. The molecule has 0 bridgehead atoms. The maximum absolute atomic E-state index is 8.75. The molecule has 0 saturated carbocycles. The van der Waals surface area contributed by atoms with E-state index >= 15 is 0 Å². The molecule has 2 nitrogen and oxygen atoms in total. The van der Waals surface area contributed by atoms with Gasteiger partial charge in [-0.05, 0) is 49.8 Å². The third kappa shape index (κ3) is 3.83. The highest BCUT2D eigenvalue weighted by atomic mass is 16.2. The normalized spacial score (nSPS) is 16.5. The van der Waals surface area contributed by atoms with Gasteiger partial charge in [-0.25, -0.2) is 0 Å². The lowest BCUT2D eigenvalue weighted by molar-refractivity contribution is 0.259. The largest absolute Gasteiger partial charge is 0.396 e. The van der Waals surface area contributed by atoms with Crippen LogP contribution in [0.2, 0.25) is 0 Å². The number of hydrogen-bond acceptors (Lipinski definition) is 2. The van der Waals surface area contributed by atoms with Gasteiger partial charge in [0.05, 0.1) is 0 Å². The maximum atomic E-state index is 8.75. The van der Waals surface area contributed by atoms with Crippen molar-refractivity contribution in [2.45, 2.75) is 32.1 Å². The molecule has 0 amide bonds. The SMILES string of the molecule is OCCCCCN1CCc2ccccc2CC1. The van der Waals surface area contributed by atoms with Crippen molar-refractivity contribution in [2.75, 3.05) is 26.2 Å². The highest BCUT2D eigenvalue weighted by molar-refractivity contribution is 5.28. The molecule has 17 heavy (non-hydrogen) atoms. The molecule has 0 fully saturated rings. The molecule has 1 heterocycles. The van der Waals surface area contributed by atoms with Gasteiger partial charge in [-0.2, -0.15) is 0 Å². The molecular formula is C15H23NO. The third-order valence-corrected chi connectivity index (χ3v) is 3.65. The van der Waals surface area contributed by atoms with Crippen LogP contribution in [0.25, 0.3) is 0 Å². The number of unbranched alkanes of at least 4 members (excludes halogenated alkanes) is 2. The molecule has 1 aromatic carbocycles. The van der Waals surface area contributed by atoms with E-state index in [1.54, 1.807) is 0 Å². The van der Waals surface area contributed by atoms with Crippen molar-refractivity contribution in [3.8, 4) is 0 Å². The number of aliphatic hydroxyl groups excluding tert-OH is 1. The Morgan fingerprint density at radius 1 is 0.941 bits per heavy atom. The molecular weight excluding hydrogens is 210 g/mol. The minimum Gasteiger partial charge on any atom is -0.396 e. The average Bonchev–Trinajstić information content (AvgIpc) is 2.58. The summed E-state index contributed by atoms with van der Waals surface area (Å²) in [5.41, 5.74) is 3.07. The van der Waals surface area contributed by atoms with Crippen molar-refractivity contribution in [1.29, 1.82) is 0 Å². The lowest BCUT2D eigenvalue weighted by Crippen LogP contribution is -2.27. The highest BCUT2D eigenvalue weighted by Gasteiger charge is 2.12. The zero-order valence-corrected chi connectivity index (χ0v) is 10.6. The molecule has 0 aliphatic carbocycles. The molecule has 2 heteroatoms. The summed E-state index contributed by atoms with van der Waals surface area (Å²) in [6.45, 7) is 3.91. The molecule has 2 rings (SSSR count). The van der Waals surface area contributed by atoms with Crippen LogP contribution in [0.15, 0.2) is 24.3 Å². The van der Waals surface area contributed by atoms with Gasteiger partial charge in [0.25, 0.3) is 0 Å². The molecule has 0 unspecified atom stereocenters. The van der Waals surface area contributed by atoms with Crippen LogP contribution in [0, 0.1) is 0 Å². The van der Waals surface area contributed by atoms with Gasteiger partial charge in [0, 0.05) is 19.7 Å². The van der Waals surface area contributed by atoms with Gasteiger partial charge < -0.3 is 10.0 Å². The number of rotatable bonds is 5. The Morgan fingerprint density at radius 3 is 2.18 bits per heavy atom. The highest BCUT2D eigenvalue weighted by Crippen LogP contribution is 2.15. The van der Waals surface area contributed by atoms with Gasteiger partial charge in [-0.3, -0.25) is 0 Å². The molecule has 94 valence electrons. The summed E-state index contributed by atoms with van der Waals surface area (Å²) >= 11 is 0. The van der Waals surface area contributed by atoms with Crippen LogP contribution in [-0.4, -0.2) is 36.2 Å². The van der Waals surface area contributed by atoms with Gasteiger partial charge >= 0.3 is 0 Å². The number of nitrogens with zero attached hydrogens (tertiary/aromatic N) is 1. The Bertz CT molecular complexity index is 310. The zero-order valence-electron chi connectivity index (χ0n) is 10.6.